The molecule has 0 radical (unpaired) electrons. The summed E-state index contributed by atoms with van der Waals surface area (Å²) in [7, 11) is 0. The van der Waals surface area contributed by atoms with Gasteiger partial charge in [-0.2, -0.15) is 0 Å². The van der Waals surface area contributed by atoms with Gasteiger partial charge >= 0.3 is 5.97 Å². The third-order valence-corrected chi connectivity index (χ3v) is 2.88. The van der Waals surface area contributed by atoms with Crippen molar-refractivity contribution in [3.05, 3.63) is 29.3 Å². The van der Waals surface area contributed by atoms with E-state index in [0.29, 0.717) is 0 Å². The highest BCUT2D eigenvalue weighted by Crippen LogP contribution is 2.28. The first-order chi connectivity index (χ1) is 7.20. The minimum atomic E-state index is -0.768. The Morgan fingerprint density at radius 2 is 2.33 bits per heavy atom. The Kier molecular flexibility index (Phi) is 2.62. The molecule has 0 atom stereocenters. The van der Waals surface area contributed by atoms with Crippen molar-refractivity contribution >= 4 is 11.7 Å². The average molecular weight is 205 g/mol. The summed E-state index contributed by atoms with van der Waals surface area (Å²) in [4.78, 5) is 12.9. The number of benzene rings is 1. The van der Waals surface area contributed by atoms with Gasteiger partial charge in [0.25, 0.3) is 0 Å². The van der Waals surface area contributed by atoms with Gasteiger partial charge in [0.2, 0.25) is 0 Å². The zero-order valence-electron chi connectivity index (χ0n) is 8.86. The van der Waals surface area contributed by atoms with Gasteiger partial charge in [0.05, 0.1) is 6.42 Å². The largest absolute Gasteiger partial charge is 0.481 e. The molecule has 0 fully saturated rings. The molecule has 0 spiro atoms. The Bertz CT molecular complexity index is 387. The minimum absolute atomic E-state index is 0.116. The number of anilines is 1. The number of likely N-dealkylation sites (N-methyl/N-ethyl adjacent to an activating group) is 1. The molecular formula is C12H15NO2. The molecule has 0 bridgehead atoms. The molecule has 1 aliphatic heterocycles. The smallest absolute Gasteiger partial charge is 0.307 e. The molecule has 2 rings (SSSR count). The lowest BCUT2D eigenvalue weighted by Gasteiger charge is -2.17. The predicted octanol–water partition coefficient (Wildman–Crippen LogP) is 1.70. The Morgan fingerprint density at radius 3 is 3.00 bits per heavy atom. The molecule has 0 aromatic heterocycles. The van der Waals surface area contributed by atoms with Crippen LogP contribution in [0.5, 0.6) is 0 Å². The molecule has 1 aliphatic rings. The molecule has 0 amide bonds. The molecule has 1 aromatic carbocycles. The third kappa shape index (κ3) is 1.96. The lowest BCUT2D eigenvalue weighted by atomic mass is 10.1. The summed E-state index contributed by atoms with van der Waals surface area (Å²) < 4.78 is 0. The highest BCUT2D eigenvalue weighted by atomic mass is 16.4. The summed E-state index contributed by atoms with van der Waals surface area (Å²) in [6, 6.07) is 6.00. The molecule has 3 heteroatoms. The van der Waals surface area contributed by atoms with E-state index < -0.39 is 5.97 Å². The van der Waals surface area contributed by atoms with Crippen LogP contribution >= 0.6 is 0 Å². The van der Waals surface area contributed by atoms with Crippen molar-refractivity contribution < 1.29 is 9.90 Å². The number of carbonyl (C=O) groups is 1. The summed E-state index contributed by atoms with van der Waals surface area (Å²) in [6.45, 7) is 4.17. The molecule has 0 saturated heterocycles. The SMILES string of the molecule is CCN1CCc2ccc(CC(=O)O)cc21. The van der Waals surface area contributed by atoms with Crippen molar-refractivity contribution in [1.82, 2.24) is 0 Å². The molecule has 15 heavy (non-hydrogen) atoms. The van der Waals surface area contributed by atoms with E-state index in [-0.39, 0.29) is 6.42 Å². The number of aliphatic carboxylic acids is 1. The van der Waals surface area contributed by atoms with Crippen molar-refractivity contribution in [2.45, 2.75) is 19.8 Å². The monoisotopic (exact) mass is 205 g/mol. The van der Waals surface area contributed by atoms with E-state index in [2.05, 4.69) is 17.9 Å². The number of fused-ring (bicyclic) bond motifs is 1. The van der Waals surface area contributed by atoms with Crippen molar-refractivity contribution in [1.29, 1.82) is 0 Å². The molecule has 0 aliphatic carbocycles. The van der Waals surface area contributed by atoms with Crippen LogP contribution in [-0.4, -0.2) is 24.2 Å². The summed E-state index contributed by atoms with van der Waals surface area (Å²) in [6.07, 6.45) is 1.20. The lowest BCUT2D eigenvalue weighted by Crippen LogP contribution is -2.19. The highest BCUT2D eigenvalue weighted by molar-refractivity contribution is 5.71. The summed E-state index contributed by atoms with van der Waals surface area (Å²) in [5.74, 6) is -0.768. The number of carboxylic acid groups (broad SMARTS) is 1. The van der Waals surface area contributed by atoms with Gasteiger partial charge in [0, 0.05) is 18.8 Å². The number of carboxylic acids is 1. The molecule has 3 nitrogen and oxygen atoms in total. The fourth-order valence-electron chi connectivity index (χ4n) is 2.10. The van der Waals surface area contributed by atoms with Gasteiger partial charge in [-0.1, -0.05) is 12.1 Å². The van der Waals surface area contributed by atoms with E-state index in [1.54, 1.807) is 0 Å². The standard InChI is InChI=1S/C12H15NO2/c1-2-13-6-5-10-4-3-9(7-11(10)13)8-12(14)15/h3-4,7H,2,5-6,8H2,1H3,(H,14,15). The van der Waals surface area contributed by atoms with Gasteiger partial charge in [-0.05, 0) is 30.5 Å². The van der Waals surface area contributed by atoms with Crippen LogP contribution in [0.2, 0.25) is 0 Å². The van der Waals surface area contributed by atoms with Gasteiger partial charge in [0.15, 0.2) is 0 Å². The molecular weight excluding hydrogens is 190 g/mol. The predicted molar refractivity (Wildman–Crippen MR) is 59.4 cm³/mol. The van der Waals surface area contributed by atoms with Crippen LogP contribution in [0.25, 0.3) is 0 Å². The van der Waals surface area contributed by atoms with Crippen LogP contribution in [0.4, 0.5) is 5.69 Å². The van der Waals surface area contributed by atoms with Crippen molar-refractivity contribution in [2.24, 2.45) is 0 Å². The highest BCUT2D eigenvalue weighted by Gasteiger charge is 2.17. The van der Waals surface area contributed by atoms with Crippen molar-refractivity contribution in [3.63, 3.8) is 0 Å². The second-order valence-electron chi connectivity index (χ2n) is 3.86. The minimum Gasteiger partial charge on any atom is -0.481 e. The van der Waals surface area contributed by atoms with Crippen LogP contribution in [0.3, 0.4) is 0 Å². The molecule has 0 unspecified atom stereocenters. The zero-order chi connectivity index (χ0) is 10.8. The van der Waals surface area contributed by atoms with E-state index >= 15 is 0 Å². The Balaban J connectivity index is 2.28. The summed E-state index contributed by atoms with van der Waals surface area (Å²) >= 11 is 0. The molecule has 1 aromatic rings. The number of nitrogens with zero attached hydrogens (tertiary/aromatic N) is 1. The quantitative estimate of drug-likeness (QED) is 0.816. The van der Waals surface area contributed by atoms with Crippen LogP contribution in [0, 0.1) is 0 Å². The maximum Gasteiger partial charge on any atom is 0.307 e. The van der Waals surface area contributed by atoms with Crippen molar-refractivity contribution in [3.8, 4) is 0 Å². The Morgan fingerprint density at radius 1 is 1.53 bits per heavy atom. The zero-order valence-corrected chi connectivity index (χ0v) is 8.86. The van der Waals surface area contributed by atoms with Gasteiger partial charge in [-0.25, -0.2) is 0 Å². The Labute approximate surface area is 89.3 Å². The fraction of sp³-hybridized carbons (Fsp3) is 0.417. The molecule has 1 heterocycles. The second kappa shape index (κ2) is 3.93. The van der Waals surface area contributed by atoms with Crippen LogP contribution in [0.15, 0.2) is 18.2 Å². The summed E-state index contributed by atoms with van der Waals surface area (Å²) in [5.41, 5.74) is 3.45. The lowest BCUT2D eigenvalue weighted by molar-refractivity contribution is -0.136. The maximum atomic E-state index is 10.6. The Hall–Kier alpha value is -1.51. The first kappa shape index (κ1) is 10.0. The number of rotatable bonds is 3. The van der Waals surface area contributed by atoms with E-state index in [4.69, 9.17) is 5.11 Å². The molecule has 0 saturated carbocycles. The van der Waals surface area contributed by atoms with Crippen LogP contribution in [-0.2, 0) is 17.6 Å². The second-order valence-corrected chi connectivity index (χ2v) is 3.86. The van der Waals surface area contributed by atoms with E-state index in [9.17, 15) is 4.79 Å². The van der Waals surface area contributed by atoms with Crippen molar-refractivity contribution in [2.75, 3.05) is 18.0 Å². The third-order valence-electron chi connectivity index (χ3n) is 2.88. The van der Waals surface area contributed by atoms with E-state index in [0.717, 1.165) is 25.1 Å². The van der Waals surface area contributed by atoms with Gasteiger partial charge in [-0.3, -0.25) is 4.79 Å². The number of hydrogen-bond donors (Lipinski definition) is 1. The van der Waals surface area contributed by atoms with Gasteiger partial charge in [0.1, 0.15) is 0 Å². The number of hydrogen-bond acceptors (Lipinski definition) is 2. The first-order valence-electron chi connectivity index (χ1n) is 5.29. The molecule has 1 N–H and O–H groups in total. The van der Waals surface area contributed by atoms with Gasteiger partial charge in [-0.15, -0.1) is 0 Å². The summed E-state index contributed by atoms with van der Waals surface area (Å²) in [5, 5.41) is 8.72. The average Bonchev–Trinajstić information content (AvgIpc) is 2.59. The van der Waals surface area contributed by atoms with E-state index in [1.165, 1.54) is 11.3 Å². The van der Waals surface area contributed by atoms with Gasteiger partial charge < -0.3 is 10.0 Å². The fourth-order valence-corrected chi connectivity index (χ4v) is 2.10. The maximum absolute atomic E-state index is 10.6. The topological polar surface area (TPSA) is 40.5 Å². The van der Waals surface area contributed by atoms with Crippen LogP contribution < -0.4 is 4.90 Å². The normalized spacial score (nSPS) is 14.1. The molecule has 80 valence electrons. The first-order valence-corrected chi connectivity index (χ1v) is 5.29. The van der Waals surface area contributed by atoms with E-state index in [1.807, 2.05) is 12.1 Å². The van der Waals surface area contributed by atoms with Crippen LogP contribution in [0.1, 0.15) is 18.1 Å².